The Bertz CT molecular complexity index is 660. The van der Waals surface area contributed by atoms with E-state index in [9.17, 15) is 9.18 Å². The minimum atomic E-state index is -0.386. The first-order chi connectivity index (χ1) is 10.7. The third-order valence-corrected chi connectivity index (χ3v) is 3.41. The molecular formula is C17H16FNO3. The van der Waals surface area contributed by atoms with Gasteiger partial charge in [-0.2, -0.15) is 0 Å². The standard InChI is InChI=1S/C17H16FNO3/c18-13-6-7-16-15(12-13)19(9-11-22-16)17(20)8-10-21-14-4-2-1-3-5-14/h1-7,12H,8-11H2. The maximum absolute atomic E-state index is 13.4. The van der Waals surface area contributed by atoms with E-state index in [0.29, 0.717) is 24.6 Å². The van der Waals surface area contributed by atoms with Gasteiger partial charge in [-0.05, 0) is 24.3 Å². The van der Waals surface area contributed by atoms with Gasteiger partial charge >= 0.3 is 0 Å². The quantitative estimate of drug-likeness (QED) is 0.871. The maximum Gasteiger partial charge on any atom is 0.230 e. The lowest BCUT2D eigenvalue weighted by Gasteiger charge is -2.29. The molecular weight excluding hydrogens is 285 g/mol. The zero-order valence-corrected chi connectivity index (χ0v) is 12.0. The second kappa shape index (κ2) is 6.47. The van der Waals surface area contributed by atoms with Gasteiger partial charge in [0, 0.05) is 6.07 Å². The van der Waals surface area contributed by atoms with Gasteiger partial charge in [-0.1, -0.05) is 18.2 Å². The molecule has 2 aromatic carbocycles. The summed E-state index contributed by atoms with van der Waals surface area (Å²) in [6.07, 6.45) is 0.227. The zero-order chi connectivity index (χ0) is 15.4. The highest BCUT2D eigenvalue weighted by Crippen LogP contribution is 2.32. The molecule has 1 amide bonds. The largest absolute Gasteiger partial charge is 0.493 e. The predicted molar refractivity (Wildman–Crippen MR) is 80.8 cm³/mol. The van der Waals surface area contributed by atoms with Crippen LogP contribution in [0.5, 0.6) is 11.5 Å². The van der Waals surface area contributed by atoms with Crippen LogP contribution in [0.4, 0.5) is 10.1 Å². The number of anilines is 1. The van der Waals surface area contributed by atoms with Crippen LogP contribution >= 0.6 is 0 Å². The van der Waals surface area contributed by atoms with Crippen molar-refractivity contribution in [3.8, 4) is 11.5 Å². The summed E-state index contributed by atoms with van der Waals surface area (Å²) >= 11 is 0. The van der Waals surface area contributed by atoms with E-state index < -0.39 is 0 Å². The summed E-state index contributed by atoms with van der Waals surface area (Å²) in [5.41, 5.74) is 0.482. The minimum Gasteiger partial charge on any atom is -0.493 e. The Labute approximate surface area is 128 Å². The highest BCUT2D eigenvalue weighted by atomic mass is 19.1. The van der Waals surface area contributed by atoms with Gasteiger partial charge in [0.15, 0.2) is 0 Å². The molecule has 0 bridgehead atoms. The van der Waals surface area contributed by atoms with Crippen molar-refractivity contribution in [2.75, 3.05) is 24.7 Å². The molecule has 1 aliphatic rings. The first-order valence-electron chi connectivity index (χ1n) is 7.14. The van der Waals surface area contributed by atoms with Crippen molar-refractivity contribution in [1.29, 1.82) is 0 Å². The van der Waals surface area contributed by atoms with E-state index in [2.05, 4.69) is 0 Å². The number of carbonyl (C=O) groups excluding carboxylic acids is 1. The number of para-hydroxylation sites is 1. The first-order valence-corrected chi connectivity index (χ1v) is 7.14. The maximum atomic E-state index is 13.4. The molecule has 0 aliphatic carbocycles. The van der Waals surface area contributed by atoms with Gasteiger partial charge in [-0.15, -0.1) is 0 Å². The van der Waals surface area contributed by atoms with Gasteiger partial charge < -0.3 is 14.4 Å². The Hall–Kier alpha value is -2.56. The monoisotopic (exact) mass is 301 g/mol. The number of rotatable bonds is 4. The molecule has 114 valence electrons. The van der Waals surface area contributed by atoms with E-state index in [1.807, 2.05) is 30.3 Å². The number of halogens is 1. The second-order valence-electron chi connectivity index (χ2n) is 4.92. The molecule has 0 atom stereocenters. The van der Waals surface area contributed by atoms with Crippen molar-refractivity contribution in [3.05, 3.63) is 54.3 Å². The van der Waals surface area contributed by atoms with Crippen molar-refractivity contribution in [3.63, 3.8) is 0 Å². The molecule has 0 spiro atoms. The van der Waals surface area contributed by atoms with Gasteiger partial charge in [0.2, 0.25) is 5.91 Å². The normalized spacial score (nSPS) is 13.2. The van der Waals surface area contributed by atoms with Gasteiger partial charge in [0.1, 0.15) is 23.9 Å². The molecule has 0 unspecified atom stereocenters. The SMILES string of the molecule is O=C(CCOc1ccccc1)N1CCOc2ccc(F)cc21. The Balaban J connectivity index is 1.63. The number of benzene rings is 2. The van der Waals surface area contributed by atoms with Crippen LogP contribution in [0.2, 0.25) is 0 Å². The minimum absolute atomic E-state index is 0.105. The van der Waals surface area contributed by atoms with E-state index in [4.69, 9.17) is 9.47 Å². The fraction of sp³-hybridized carbons (Fsp3) is 0.235. The van der Waals surface area contributed by atoms with Gasteiger partial charge in [-0.3, -0.25) is 4.79 Å². The van der Waals surface area contributed by atoms with Crippen LogP contribution in [0, 0.1) is 5.82 Å². The Morgan fingerprint density at radius 3 is 2.86 bits per heavy atom. The Morgan fingerprint density at radius 1 is 1.23 bits per heavy atom. The van der Waals surface area contributed by atoms with Crippen LogP contribution in [-0.4, -0.2) is 25.7 Å². The highest BCUT2D eigenvalue weighted by molar-refractivity contribution is 5.95. The number of hydrogen-bond donors (Lipinski definition) is 0. The van der Waals surface area contributed by atoms with E-state index in [0.717, 1.165) is 5.75 Å². The second-order valence-corrected chi connectivity index (χ2v) is 4.92. The lowest BCUT2D eigenvalue weighted by atomic mass is 10.2. The molecule has 0 N–H and O–H groups in total. The molecule has 22 heavy (non-hydrogen) atoms. The van der Waals surface area contributed by atoms with Gasteiger partial charge in [0.25, 0.3) is 0 Å². The molecule has 5 heteroatoms. The molecule has 3 rings (SSSR count). The van der Waals surface area contributed by atoms with Crippen LogP contribution < -0.4 is 14.4 Å². The van der Waals surface area contributed by atoms with Crippen LogP contribution in [0.15, 0.2) is 48.5 Å². The average Bonchev–Trinajstić information content (AvgIpc) is 2.55. The van der Waals surface area contributed by atoms with Gasteiger partial charge in [0.05, 0.1) is 25.3 Å². The lowest BCUT2D eigenvalue weighted by molar-refractivity contribution is -0.119. The van der Waals surface area contributed by atoms with Gasteiger partial charge in [-0.25, -0.2) is 4.39 Å². The topological polar surface area (TPSA) is 38.8 Å². The number of amides is 1. The smallest absolute Gasteiger partial charge is 0.230 e. The van der Waals surface area contributed by atoms with Crippen molar-refractivity contribution in [1.82, 2.24) is 0 Å². The fourth-order valence-corrected chi connectivity index (χ4v) is 2.36. The van der Waals surface area contributed by atoms with Crippen LogP contribution in [0.25, 0.3) is 0 Å². The van der Waals surface area contributed by atoms with Crippen molar-refractivity contribution >= 4 is 11.6 Å². The van der Waals surface area contributed by atoms with Crippen LogP contribution in [0.3, 0.4) is 0 Å². The first kappa shape index (κ1) is 14.4. The summed E-state index contributed by atoms with van der Waals surface area (Å²) in [6, 6.07) is 13.5. The molecule has 0 radical (unpaired) electrons. The molecule has 0 saturated heterocycles. The number of fused-ring (bicyclic) bond motifs is 1. The summed E-state index contributed by atoms with van der Waals surface area (Å²) in [5, 5.41) is 0. The number of nitrogens with zero attached hydrogens (tertiary/aromatic N) is 1. The summed E-state index contributed by atoms with van der Waals surface area (Å²) in [7, 11) is 0. The van der Waals surface area contributed by atoms with Crippen molar-refractivity contribution in [2.24, 2.45) is 0 Å². The molecule has 4 nitrogen and oxygen atoms in total. The number of ether oxygens (including phenoxy) is 2. The van der Waals surface area contributed by atoms with Crippen molar-refractivity contribution < 1.29 is 18.7 Å². The molecule has 1 aliphatic heterocycles. The summed E-state index contributed by atoms with van der Waals surface area (Å²) in [6.45, 7) is 1.11. The Morgan fingerprint density at radius 2 is 2.05 bits per heavy atom. The number of carbonyl (C=O) groups is 1. The molecule has 2 aromatic rings. The summed E-state index contributed by atoms with van der Waals surface area (Å²) in [4.78, 5) is 13.9. The molecule has 0 saturated carbocycles. The highest BCUT2D eigenvalue weighted by Gasteiger charge is 2.23. The molecule has 1 heterocycles. The third-order valence-electron chi connectivity index (χ3n) is 3.41. The van der Waals surface area contributed by atoms with E-state index >= 15 is 0 Å². The van der Waals surface area contributed by atoms with E-state index in [1.165, 1.54) is 12.1 Å². The molecule has 0 aromatic heterocycles. The summed E-state index contributed by atoms with van der Waals surface area (Å²) in [5.74, 6) is 0.766. The fourth-order valence-electron chi connectivity index (χ4n) is 2.36. The third kappa shape index (κ3) is 3.19. The molecule has 0 fully saturated rings. The van der Waals surface area contributed by atoms with Crippen molar-refractivity contribution in [2.45, 2.75) is 6.42 Å². The van der Waals surface area contributed by atoms with Crippen LogP contribution in [0.1, 0.15) is 6.42 Å². The van der Waals surface area contributed by atoms with Crippen LogP contribution in [-0.2, 0) is 4.79 Å². The Kier molecular flexibility index (Phi) is 4.23. The number of hydrogen-bond acceptors (Lipinski definition) is 3. The summed E-state index contributed by atoms with van der Waals surface area (Å²) < 4.78 is 24.4. The lowest BCUT2D eigenvalue weighted by Crippen LogP contribution is -2.38. The average molecular weight is 301 g/mol. The predicted octanol–water partition coefficient (Wildman–Crippen LogP) is 3.02. The van der Waals surface area contributed by atoms with E-state index in [-0.39, 0.29) is 24.8 Å². The zero-order valence-electron chi connectivity index (χ0n) is 12.0. The van der Waals surface area contributed by atoms with E-state index in [1.54, 1.807) is 11.0 Å².